The van der Waals surface area contributed by atoms with Crippen molar-refractivity contribution in [2.75, 3.05) is 66.6 Å². The van der Waals surface area contributed by atoms with Crippen molar-refractivity contribution in [3.8, 4) is 11.5 Å². The van der Waals surface area contributed by atoms with Gasteiger partial charge in [0.2, 0.25) is 0 Å². The van der Waals surface area contributed by atoms with Crippen molar-refractivity contribution in [2.45, 2.75) is 103 Å². The maximum Gasteiger partial charge on any atom is 0.119 e. The van der Waals surface area contributed by atoms with Gasteiger partial charge in [-0.1, -0.05) is 38.1 Å². The summed E-state index contributed by atoms with van der Waals surface area (Å²) in [6, 6.07) is 16.3. The lowest BCUT2D eigenvalue weighted by Crippen LogP contribution is -2.50. The second kappa shape index (κ2) is 18.4. The zero-order valence-electron chi connectivity index (χ0n) is 29.7. The quantitative estimate of drug-likeness (QED) is 0.172. The fourth-order valence-electron chi connectivity index (χ4n) is 8.04. The molecule has 2 aromatic rings. The fourth-order valence-corrected chi connectivity index (χ4v) is 8.04. The van der Waals surface area contributed by atoms with Crippen molar-refractivity contribution in [3.63, 3.8) is 0 Å². The number of ether oxygens (including phenoxy) is 2. The summed E-state index contributed by atoms with van der Waals surface area (Å²) in [6.07, 6.45) is 12.9. The Bertz CT molecular complexity index is 1020. The number of nitrogens with zero attached hydrogens (tertiary/aromatic N) is 2. The van der Waals surface area contributed by atoms with E-state index in [2.05, 4.69) is 52.2 Å². The highest BCUT2D eigenvalue weighted by atomic mass is 16.5. The SMILES string of the molecule is CCCOc1ccc([C@H](O)[C@H](CC[C@@H](C[N+]2(C)CCCCCC2)[C@@H](O)c2ccc(OCCC)cc2)C[N+]2(C)CCCCCC2)cc1. The average molecular weight is 639 g/mol. The Hall–Kier alpha value is -2.12. The van der Waals surface area contributed by atoms with Gasteiger partial charge in [-0.15, -0.1) is 0 Å². The van der Waals surface area contributed by atoms with Crippen molar-refractivity contribution >= 4 is 0 Å². The molecule has 4 rings (SSSR count). The number of quaternary nitrogens is 2. The highest BCUT2D eigenvalue weighted by molar-refractivity contribution is 5.30. The number of benzene rings is 2. The van der Waals surface area contributed by atoms with E-state index >= 15 is 0 Å². The lowest BCUT2D eigenvalue weighted by molar-refractivity contribution is -0.913. The van der Waals surface area contributed by atoms with Crippen molar-refractivity contribution in [1.82, 2.24) is 0 Å². The molecule has 2 aliphatic heterocycles. The van der Waals surface area contributed by atoms with E-state index in [1.165, 1.54) is 77.5 Å². The van der Waals surface area contributed by atoms with Crippen LogP contribution in [0.5, 0.6) is 11.5 Å². The summed E-state index contributed by atoms with van der Waals surface area (Å²) in [4.78, 5) is 0. The number of rotatable bonds is 17. The predicted octanol–water partition coefficient (Wildman–Crippen LogP) is 8.09. The van der Waals surface area contributed by atoms with Gasteiger partial charge in [0, 0.05) is 11.8 Å². The Morgan fingerprint density at radius 3 is 1.17 bits per heavy atom. The van der Waals surface area contributed by atoms with Crippen LogP contribution in [0.4, 0.5) is 0 Å². The monoisotopic (exact) mass is 639 g/mol. The molecular formula is C40H66N2O4+2. The third kappa shape index (κ3) is 11.2. The van der Waals surface area contributed by atoms with E-state index in [0.29, 0.717) is 13.2 Å². The Labute approximate surface area is 280 Å². The molecule has 0 bridgehead atoms. The predicted molar refractivity (Wildman–Crippen MR) is 189 cm³/mol. The van der Waals surface area contributed by atoms with Gasteiger partial charge in [0.1, 0.15) is 11.5 Å². The molecule has 0 unspecified atom stereocenters. The standard InChI is InChI=1S/C40H66N2O4/c1-5-29-45-37-21-17-33(18-22-37)39(43)35(31-41(3)25-11-7-8-12-26-41)15-16-36(32-42(4)27-13-9-10-14-28-42)40(44)34-19-23-38(24-20-34)46-30-6-2/h17-24,35-36,39-40,43-44H,5-16,25-32H2,1-4H3/q+2/t35-,36+,39-,40-/m0/s1. The van der Waals surface area contributed by atoms with Crippen LogP contribution >= 0.6 is 0 Å². The minimum absolute atomic E-state index is 0.111. The zero-order valence-corrected chi connectivity index (χ0v) is 29.7. The molecule has 258 valence electrons. The maximum absolute atomic E-state index is 12.0. The van der Waals surface area contributed by atoms with Gasteiger partial charge < -0.3 is 28.7 Å². The largest absolute Gasteiger partial charge is 0.494 e. The van der Waals surface area contributed by atoms with Gasteiger partial charge in [-0.05, 0) is 112 Å². The Balaban J connectivity index is 1.57. The molecule has 0 spiro atoms. The van der Waals surface area contributed by atoms with Gasteiger partial charge in [-0.3, -0.25) is 0 Å². The molecule has 6 heteroatoms. The van der Waals surface area contributed by atoms with Crippen LogP contribution in [0, 0.1) is 11.8 Å². The Morgan fingerprint density at radius 1 is 0.543 bits per heavy atom. The van der Waals surface area contributed by atoms with Crippen LogP contribution in [-0.2, 0) is 0 Å². The highest BCUT2D eigenvalue weighted by Gasteiger charge is 2.36. The average Bonchev–Trinajstić information content (AvgIpc) is 3.43. The van der Waals surface area contributed by atoms with Crippen LogP contribution in [0.3, 0.4) is 0 Å². The third-order valence-electron chi connectivity index (χ3n) is 10.8. The number of hydrogen-bond donors (Lipinski definition) is 2. The molecule has 0 aromatic heterocycles. The van der Waals surface area contributed by atoms with Crippen molar-refractivity contribution in [3.05, 3.63) is 59.7 Å². The van der Waals surface area contributed by atoms with Crippen LogP contribution < -0.4 is 9.47 Å². The van der Waals surface area contributed by atoms with Crippen LogP contribution in [0.2, 0.25) is 0 Å². The lowest BCUT2D eigenvalue weighted by Gasteiger charge is -2.40. The van der Waals surface area contributed by atoms with Gasteiger partial charge >= 0.3 is 0 Å². The van der Waals surface area contributed by atoms with E-state index in [1.54, 1.807) is 0 Å². The van der Waals surface area contributed by atoms with Crippen LogP contribution in [0.15, 0.2) is 48.5 Å². The maximum atomic E-state index is 12.0. The van der Waals surface area contributed by atoms with Gasteiger partial charge in [0.15, 0.2) is 0 Å². The second-order valence-corrected chi connectivity index (χ2v) is 15.1. The molecule has 0 radical (unpaired) electrons. The molecule has 2 aliphatic rings. The summed E-state index contributed by atoms with van der Waals surface area (Å²) in [6.45, 7) is 12.3. The van der Waals surface area contributed by atoms with E-state index in [4.69, 9.17) is 9.47 Å². The second-order valence-electron chi connectivity index (χ2n) is 15.1. The van der Waals surface area contributed by atoms with Crippen LogP contribution in [-0.4, -0.2) is 85.8 Å². The minimum atomic E-state index is -0.547. The summed E-state index contributed by atoms with van der Waals surface area (Å²) in [5.41, 5.74) is 1.95. The van der Waals surface area contributed by atoms with Crippen LogP contribution in [0.25, 0.3) is 0 Å². The van der Waals surface area contributed by atoms with Crippen molar-refractivity contribution < 1.29 is 28.7 Å². The summed E-state index contributed by atoms with van der Waals surface area (Å²) in [5.74, 6) is 1.95. The van der Waals surface area contributed by atoms with E-state index in [0.717, 1.165) is 70.4 Å². The van der Waals surface area contributed by atoms with Crippen molar-refractivity contribution in [1.29, 1.82) is 0 Å². The van der Waals surface area contributed by atoms with E-state index in [-0.39, 0.29) is 11.8 Å². The molecule has 2 aromatic carbocycles. The Morgan fingerprint density at radius 2 is 0.870 bits per heavy atom. The molecule has 0 aliphatic carbocycles. The zero-order chi connectivity index (χ0) is 32.8. The summed E-state index contributed by atoms with van der Waals surface area (Å²) < 4.78 is 13.7. The normalized spacial score (nSPS) is 20.9. The summed E-state index contributed by atoms with van der Waals surface area (Å²) >= 11 is 0. The number of hydrogen-bond acceptors (Lipinski definition) is 4. The first kappa shape index (κ1) is 36.7. The van der Waals surface area contributed by atoms with Gasteiger partial charge in [-0.25, -0.2) is 0 Å². The minimum Gasteiger partial charge on any atom is -0.494 e. The third-order valence-corrected chi connectivity index (χ3v) is 10.8. The number of likely N-dealkylation sites (tertiary alicyclic amines) is 2. The van der Waals surface area contributed by atoms with E-state index in [9.17, 15) is 10.2 Å². The molecule has 0 amide bonds. The lowest BCUT2D eigenvalue weighted by atomic mass is 9.83. The topological polar surface area (TPSA) is 58.9 Å². The molecule has 0 saturated carbocycles. The van der Waals surface area contributed by atoms with Gasteiger partial charge in [0.05, 0.1) is 78.8 Å². The first-order chi connectivity index (χ1) is 22.2. The van der Waals surface area contributed by atoms with E-state index in [1.807, 2.05) is 24.3 Å². The Kier molecular flexibility index (Phi) is 14.7. The smallest absolute Gasteiger partial charge is 0.119 e. The first-order valence-electron chi connectivity index (χ1n) is 18.7. The molecule has 4 atom stereocenters. The molecule has 6 nitrogen and oxygen atoms in total. The molecule has 46 heavy (non-hydrogen) atoms. The first-order valence-corrected chi connectivity index (χ1v) is 18.7. The summed E-state index contributed by atoms with van der Waals surface area (Å²) in [5, 5.41) is 24.0. The van der Waals surface area contributed by atoms with E-state index < -0.39 is 12.2 Å². The highest BCUT2D eigenvalue weighted by Crippen LogP contribution is 2.36. The molecular weight excluding hydrogens is 572 g/mol. The number of aliphatic hydroxyl groups is 2. The van der Waals surface area contributed by atoms with Gasteiger partial charge in [-0.2, -0.15) is 0 Å². The van der Waals surface area contributed by atoms with Crippen molar-refractivity contribution in [2.24, 2.45) is 11.8 Å². The molecule has 2 fully saturated rings. The number of aliphatic hydroxyl groups excluding tert-OH is 2. The molecule has 2 saturated heterocycles. The molecule has 2 heterocycles. The van der Waals surface area contributed by atoms with Crippen LogP contribution in [0.1, 0.15) is 114 Å². The fraction of sp³-hybridized carbons (Fsp3) is 0.700. The van der Waals surface area contributed by atoms with Gasteiger partial charge in [0.25, 0.3) is 0 Å². The molecule has 2 N–H and O–H groups in total. The summed E-state index contributed by atoms with van der Waals surface area (Å²) in [7, 11) is 4.81.